The summed E-state index contributed by atoms with van der Waals surface area (Å²) in [5, 5.41) is 21.2. The highest BCUT2D eigenvalue weighted by Crippen LogP contribution is 2.66. The third-order valence-corrected chi connectivity index (χ3v) is 9.37. The minimum absolute atomic E-state index is 0.0559. The van der Waals surface area contributed by atoms with Gasteiger partial charge < -0.3 is 10.2 Å². The van der Waals surface area contributed by atoms with Crippen molar-refractivity contribution in [2.24, 2.45) is 34.5 Å². The number of carbonyl (C=O) groups excluding carboxylic acids is 1. The van der Waals surface area contributed by atoms with E-state index in [9.17, 15) is 15.0 Å². The van der Waals surface area contributed by atoms with Crippen LogP contribution in [0.1, 0.15) is 78.6 Å². The standard InChI is InChI=1S/C21H34O3/c1-19-10-8-14(22)12-13(19)4-5-15-16(19)9-11-20(2)17(15)6-7-18(23)21(20,3)24/h13-17,22,24H,4-12H2,1-3H3. The van der Waals surface area contributed by atoms with Crippen LogP contribution in [-0.4, -0.2) is 27.7 Å². The summed E-state index contributed by atoms with van der Waals surface area (Å²) < 4.78 is 0. The Morgan fingerprint density at radius 3 is 2.46 bits per heavy atom. The predicted octanol–water partition coefficient (Wildman–Crippen LogP) is 3.71. The lowest BCUT2D eigenvalue weighted by molar-refractivity contribution is -0.200. The van der Waals surface area contributed by atoms with Gasteiger partial charge in [0.15, 0.2) is 5.78 Å². The maximum Gasteiger partial charge on any atom is 0.164 e. The third kappa shape index (κ3) is 2.06. The average Bonchev–Trinajstić information content (AvgIpc) is 2.52. The first-order valence-corrected chi connectivity index (χ1v) is 10.1. The molecule has 0 saturated heterocycles. The molecule has 4 fully saturated rings. The molecule has 3 nitrogen and oxygen atoms in total. The first kappa shape index (κ1) is 17.0. The van der Waals surface area contributed by atoms with Gasteiger partial charge in [-0.1, -0.05) is 13.8 Å². The largest absolute Gasteiger partial charge is 0.393 e. The molecule has 2 N–H and O–H groups in total. The van der Waals surface area contributed by atoms with Crippen molar-refractivity contribution in [2.75, 3.05) is 0 Å². The van der Waals surface area contributed by atoms with Crippen molar-refractivity contribution in [2.45, 2.75) is 90.3 Å². The summed E-state index contributed by atoms with van der Waals surface area (Å²) in [6.45, 7) is 6.45. The van der Waals surface area contributed by atoms with Gasteiger partial charge >= 0.3 is 0 Å². The second-order valence-corrected chi connectivity index (χ2v) is 10.1. The summed E-state index contributed by atoms with van der Waals surface area (Å²) in [5.41, 5.74) is -1.04. The number of rotatable bonds is 0. The number of aliphatic hydroxyl groups excluding tert-OH is 1. The molecule has 0 aromatic heterocycles. The molecule has 0 amide bonds. The van der Waals surface area contributed by atoms with Crippen LogP contribution in [-0.2, 0) is 4.79 Å². The molecular weight excluding hydrogens is 300 g/mol. The van der Waals surface area contributed by atoms with Gasteiger partial charge in [-0.3, -0.25) is 4.79 Å². The van der Waals surface area contributed by atoms with Crippen LogP contribution in [0.3, 0.4) is 0 Å². The molecule has 0 spiro atoms. The van der Waals surface area contributed by atoms with Gasteiger partial charge in [-0.05, 0) is 87.4 Å². The fourth-order valence-corrected chi connectivity index (χ4v) is 7.54. The summed E-state index contributed by atoms with van der Waals surface area (Å²) in [4.78, 5) is 12.4. The van der Waals surface area contributed by atoms with Crippen LogP contribution in [0.15, 0.2) is 0 Å². The average molecular weight is 335 g/mol. The Kier molecular flexibility index (Phi) is 3.76. The van der Waals surface area contributed by atoms with Gasteiger partial charge in [-0.15, -0.1) is 0 Å². The highest BCUT2D eigenvalue weighted by atomic mass is 16.3. The second kappa shape index (κ2) is 5.30. The Balaban J connectivity index is 1.66. The van der Waals surface area contributed by atoms with Crippen molar-refractivity contribution in [3.8, 4) is 0 Å². The van der Waals surface area contributed by atoms with Crippen molar-refractivity contribution in [1.29, 1.82) is 0 Å². The van der Waals surface area contributed by atoms with E-state index in [0.717, 1.165) is 38.5 Å². The Bertz CT molecular complexity index is 541. The van der Waals surface area contributed by atoms with Crippen molar-refractivity contribution < 1.29 is 15.0 Å². The summed E-state index contributed by atoms with van der Waals surface area (Å²) in [7, 11) is 0. The summed E-state index contributed by atoms with van der Waals surface area (Å²) >= 11 is 0. The van der Waals surface area contributed by atoms with E-state index in [1.54, 1.807) is 6.92 Å². The van der Waals surface area contributed by atoms with Crippen LogP contribution < -0.4 is 0 Å². The van der Waals surface area contributed by atoms with Crippen LogP contribution in [0.2, 0.25) is 0 Å². The van der Waals surface area contributed by atoms with Crippen LogP contribution in [0.5, 0.6) is 0 Å². The third-order valence-electron chi connectivity index (χ3n) is 9.37. The molecule has 8 unspecified atom stereocenters. The maximum atomic E-state index is 12.4. The van der Waals surface area contributed by atoms with E-state index in [1.165, 1.54) is 12.8 Å². The highest BCUT2D eigenvalue weighted by Gasteiger charge is 2.63. The Morgan fingerprint density at radius 1 is 0.958 bits per heavy atom. The molecular formula is C21H34O3. The zero-order valence-corrected chi connectivity index (χ0v) is 15.6. The minimum atomic E-state index is -1.15. The quantitative estimate of drug-likeness (QED) is 0.710. The highest BCUT2D eigenvalue weighted by molar-refractivity contribution is 5.88. The normalized spacial score (nSPS) is 57.7. The van der Waals surface area contributed by atoms with Crippen molar-refractivity contribution >= 4 is 5.78 Å². The summed E-state index contributed by atoms with van der Waals surface area (Å²) in [6, 6.07) is 0. The van der Waals surface area contributed by atoms with Gasteiger partial charge in [0.2, 0.25) is 0 Å². The van der Waals surface area contributed by atoms with E-state index in [2.05, 4.69) is 13.8 Å². The molecule has 24 heavy (non-hydrogen) atoms. The summed E-state index contributed by atoms with van der Waals surface area (Å²) in [5.74, 6) is 2.57. The molecule has 0 heterocycles. The maximum absolute atomic E-state index is 12.4. The second-order valence-electron chi connectivity index (χ2n) is 10.1. The van der Waals surface area contributed by atoms with Crippen LogP contribution in [0.25, 0.3) is 0 Å². The number of ketones is 1. The van der Waals surface area contributed by atoms with E-state index < -0.39 is 5.60 Å². The smallest absolute Gasteiger partial charge is 0.164 e. The van der Waals surface area contributed by atoms with Gasteiger partial charge in [0, 0.05) is 11.8 Å². The monoisotopic (exact) mass is 334 g/mol. The molecule has 4 rings (SSSR count). The molecule has 136 valence electrons. The van der Waals surface area contributed by atoms with Crippen molar-refractivity contribution in [3.05, 3.63) is 0 Å². The molecule has 0 aliphatic heterocycles. The SMILES string of the molecule is CC12CCC(O)CC1CCC1C2CCC2(C)C1CCC(=O)C2(C)O. The van der Waals surface area contributed by atoms with Crippen molar-refractivity contribution in [1.82, 2.24) is 0 Å². The Hall–Kier alpha value is -0.410. The van der Waals surface area contributed by atoms with Crippen molar-refractivity contribution in [3.63, 3.8) is 0 Å². The van der Waals surface area contributed by atoms with Gasteiger partial charge in [-0.2, -0.15) is 0 Å². The lowest BCUT2D eigenvalue weighted by Crippen LogP contribution is -2.64. The van der Waals surface area contributed by atoms with Gasteiger partial charge in [0.25, 0.3) is 0 Å². The van der Waals surface area contributed by atoms with E-state index in [0.29, 0.717) is 35.5 Å². The Labute approximate surface area is 146 Å². The molecule has 4 aliphatic carbocycles. The number of hydrogen-bond acceptors (Lipinski definition) is 3. The van der Waals surface area contributed by atoms with E-state index in [-0.39, 0.29) is 17.3 Å². The molecule has 0 aromatic rings. The number of carbonyl (C=O) groups is 1. The first-order chi connectivity index (χ1) is 11.2. The van der Waals surface area contributed by atoms with E-state index in [1.807, 2.05) is 0 Å². The van der Waals surface area contributed by atoms with Gasteiger partial charge in [-0.25, -0.2) is 0 Å². The van der Waals surface area contributed by atoms with Crippen LogP contribution in [0, 0.1) is 34.5 Å². The molecule has 8 atom stereocenters. The lowest BCUT2D eigenvalue weighted by Gasteiger charge is -2.64. The topological polar surface area (TPSA) is 57.5 Å². The minimum Gasteiger partial charge on any atom is -0.393 e. The lowest BCUT2D eigenvalue weighted by atomic mass is 9.41. The summed E-state index contributed by atoms with van der Waals surface area (Å²) in [6.07, 6.45) is 9.07. The molecule has 4 saturated carbocycles. The van der Waals surface area contributed by atoms with Crippen LogP contribution >= 0.6 is 0 Å². The van der Waals surface area contributed by atoms with Gasteiger partial charge in [0.05, 0.1) is 6.10 Å². The number of aliphatic hydroxyl groups is 2. The van der Waals surface area contributed by atoms with Gasteiger partial charge in [0.1, 0.15) is 5.60 Å². The zero-order valence-electron chi connectivity index (χ0n) is 15.6. The predicted molar refractivity (Wildman–Crippen MR) is 93.4 cm³/mol. The fourth-order valence-electron chi connectivity index (χ4n) is 7.54. The van der Waals surface area contributed by atoms with E-state index >= 15 is 0 Å². The molecule has 0 radical (unpaired) electrons. The molecule has 4 aliphatic rings. The Morgan fingerprint density at radius 2 is 1.71 bits per heavy atom. The van der Waals surface area contributed by atoms with E-state index in [4.69, 9.17) is 0 Å². The number of Topliss-reactive ketones (excluding diaryl/α,β-unsaturated/α-hetero) is 1. The number of fused-ring (bicyclic) bond motifs is 5. The molecule has 0 aromatic carbocycles. The molecule has 0 bridgehead atoms. The van der Waals surface area contributed by atoms with Crippen LogP contribution in [0.4, 0.5) is 0 Å². The number of hydrogen-bond donors (Lipinski definition) is 2. The zero-order chi connectivity index (χ0) is 17.3. The molecule has 3 heteroatoms. The fraction of sp³-hybridized carbons (Fsp3) is 0.952. The first-order valence-electron chi connectivity index (χ1n) is 10.1.